The van der Waals surface area contributed by atoms with Gasteiger partial charge in [0.1, 0.15) is 12.1 Å². The predicted molar refractivity (Wildman–Crippen MR) is 104 cm³/mol. The van der Waals surface area contributed by atoms with Gasteiger partial charge in [-0.3, -0.25) is 4.79 Å². The third-order valence-corrected chi connectivity index (χ3v) is 4.85. The summed E-state index contributed by atoms with van der Waals surface area (Å²) >= 11 is 0. The number of rotatable bonds is 5. The van der Waals surface area contributed by atoms with Crippen molar-refractivity contribution in [2.24, 2.45) is 5.92 Å². The number of amides is 1. The lowest BCUT2D eigenvalue weighted by Crippen LogP contribution is -2.13. The zero-order chi connectivity index (χ0) is 18.1. The van der Waals surface area contributed by atoms with Gasteiger partial charge in [0.05, 0.1) is 5.52 Å². The number of hydrogen-bond donors (Lipinski definition) is 2. The molecule has 1 saturated carbocycles. The summed E-state index contributed by atoms with van der Waals surface area (Å²) in [5.74, 6) is 1.17. The Labute approximate surface area is 152 Å². The highest BCUT2D eigenvalue weighted by Gasteiger charge is 2.29. The molecule has 1 heterocycles. The Morgan fingerprint density at radius 3 is 2.62 bits per heavy atom. The lowest BCUT2D eigenvalue weighted by atomic mass is 10.1. The molecule has 0 spiro atoms. The molecular formula is C21H22N4O. The van der Waals surface area contributed by atoms with Gasteiger partial charge in [0, 0.05) is 23.0 Å². The van der Waals surface area contributed by atoms with Gasteiger partial charge in [0.25, 0.3) is 0 Å². The van der Waals surface area contributed by atoms with Crippen LogP contribution in [0.3, 0.4) is 0 Å². The quantitative estimate of drug-likeness (QED) is 0.716. The minimum absolute atomic E-state index is 0.0850. The van der Waals surface area contributed by atoms with Gasteiger partial charge >= 0.3 is 0 Å². The molecule has 0 unspecified atom stereocenters. The van der Waals surface area contributed by atoms with E-state index in [1.54, 1.807) is 6.33 Å². The van der Waals surface area contributed by atoms with Crippen LogP contribution in [0.1, 0.15) is 36.9 Å². The number of carbonyl (C=O) groups excluding carboxylic acids is 1. The Kier molecular flexibility index (Phi) is 4.29. The van der Waals surface area contributed by atoms with Crippen LogP contribution in [0, 0.1) is 12.8 Å². The zero-order valence-corrected chi connectivity index (χ0v) is 15.0. The fourth-order valence-corrected chi connectivity index (χ4v) is 3.08. The van der Waals surface area contributed by atoms with Crippen LogP contribution < -0.4 is 10.6 Å². The summed E-state index contributed by atoms with van der Waals surface area (Å²) in [4.78, 5) is 20.7. The van der Waals surface area contributed by atoms with Crippen molar-refractivity contribution in [3.8, 4) is 0 Å². The van der Waals surface area contributed by atoms with Gasteiger partial charge in [-0.15, -0.1) is 0 Å². The molecule has 1 atom stereocenters. The van der Waals surface area contributed by atoms with E-state index in [9.17, 15) is 4.79 Å². The van der Waals surface area contributed by atoms with E-state index in [1.807, 2.05) is 36.4 Å². The van der Waals surface area contributed by atoms with Crippen molar-refractivity contribution in [3.63, 3.8) is 0 Å². The third kappa shape index (κ3) is 3.38. The van der Waals surface area contributed by atoms with Gasteiger partial charge < -0.3 is 10.6 Å². The molecule has 1 aliphatic rings. The van der Waals surface area contributed by atoms with Crippen LogP contribution in [-0.4, -0.2) is 15.9 Å². The van der Waals surface area contributed by atoms with E-state index in [4.69, 9.17) is 0 Å². The number of aryl methyl sites for hydroxylation is 1. The maximum Gasteiger partial charge on any atom is 0.227 e. The van der Waals surface area contributed by atoms with Crippen LogP contribution in [0.5, 0.6) is 0 Å². The van der Waals surface area contributed by atoms with Crippen molar-refractivity contribution in [2.45, 2.75) is 32.7 Å². The molecule has 0 aliphatic heterocycles. The number of hydrogen-bond acceptors (Lipinski definition) is 4. The molecule has 0 saturated heterocycles. The number of benzene rings is 2. The zero-order valence-electron chi connectivity index (χ0n) is 15.0. The SMILES string of the molecule is Cc1cccc2c(N[C@H](C)c3ccc(NC(=O)C4CC4)cc3)ncnc12. The Balaban J connectivity index is 1.50. The molecule has 26 heavy (non-hydrogen) atoms. The second-order valence-electron chi connectivity index (χ2n) is 6.94. The fourth-order valence-electron chi connectivity index (χ4n) is 3.08. The second-order valence-corrected chi connectivity index (χ2v) is 6.94. The van der Waals surface area contributed by atoms with E-state index in [-0.39, 0.29) is 17.9 Å². The van der Waals surface area contributed by atoms with E-state index < -0.39 is 0 Å². The third-order valence-electron chi connectivity index (χ3n) is 4.85. The first-order valence-corrected chi connectivity index (χ1v) is 8.99. The molecule has 5 nitrogen and oxygen atoms in total. The highest BCUT2D eigenvalue weighted by molar-refractivity contribution is 5.94. The highest BCUT2D eigenvalue weighted by Crippen LogP contribution is 2.30. The molecule has 4 rings (SSSR count). The first-order chi connectivity index (χ1) is 12.6. The number of aromatic nitrogens is 2. The summed E-state index contributed by atoms with van der Waals surface area (Å²) in [6.45, 7) is 4.15. The summed E-state index contributed by atoms with van der Waals surface area (Å²) in [5, 5.41) is 7.47. The molecule has 1 aliphatic carbocycles. The molecule has 5 heteroatoms. The molecule has 0 radical (unpaired) electrons. The van der Waals surface area contributed by atoms with Crippen molar-refractivity contribution in [2.75, 3.05) is 10.6 Å². The van der Waals surface area contributed by atoms with Gasteiger partial charge in [-0.2, -0.15) is 0 Å². The summed E-state index contributed by atoms with van der Waals surface area (Å²) in [6.07, 6.45) is 3.62. The molecule has 0 bridgehead atoms. The summed E-state index contributed by atoms with van der Waals surface area (Å²) in [7, 11) is 0. The Morgan fingerprint density at radius 2 is 1.88 bits per heavy atom. The van der Waals surface area contributed by atoms with Gasteiger partial charge in [0.15, 0.2) is 0 Å². The van der Waals surface area contributed by atoms with Crippen molar-refractivity contribution in [3.05, 3.63) is 59.9 Å². The summed E-state index contributed by atoms with van der Waals surface area (Å²) < 4.78 is 0. The van der Waals surface area contributed by atoms with E-state index >= 15 is 0 Å². The Hall–Kier alpha value is -2.95. The van der Waals surface area contributed by atoms with E-state index in [2.05, 4.69) is 40.5 Å². The standard InChI is InChI=1S/C21H22N4O/c1-13-4-3-5-18-19(13)22-12-23-20(18)24-14(2)15-8-10-17(11-9-15)25-21(26)16-6-7-16/h3-5,8-12,14,16H,6-7H2,1-2H3,(H,25,26)(H,22,23,24)/t14-/m1/s1. The number of nitrogens with zero attached hydrogens (tertiary/aromatic N) is 2. The van der Waals surface area contributed by atoms with Crippen LogP contribution >= 0.6 is 0 Å². The molecular weight excluding hydrogens is 324 g/mol. The number of para-hydroxylation sites is 1. The van der Waals surface area contributed by atoms with Crippen molar-refractivity contribution in [1.82, 2.24) is 9.97 Å². The number of carbonyl (C=O) groups is 1. The minimum Gasteiger partial charge on any atom is -0.363 e. The maximum absolute atomic E-state index is 11.8. The number of fused-ring (bicyclic) bond motifs is 1. The largest absolute Gasteiger partial charge is 0.363 e. The monoisotopic (exact) mass is 346 g/mol. The average molecular weight is 346 g/mol. The van der Waals surface area contributed by atoms with Crippen LogP contribution in [0.2, 0.25) is 0 Å². The normalized spacial score (nSPS) is 14.8. The smallest absolute Gasteiger partial charge is 0.227 e. The van der Waals surface area contributed by atoms with Crippen molar-refractivity contribution >= 4 is 28.3 Å². The summed E-state index contributed by atoms with van der Waals surface area (Å²) in [6, 6.07) is 14.2. The predicted octanol–water partition coefficient (Wildman–Crippen LogP) is 4.46. The van der Waals surface area contributed by atoms with Gasteiger partial charge in [0.2, 0.25) is 5.91 Å². The fraction of sp³-hybridized carbons (Fsp3) is 0.286. The first kappa shape index (κ1) is 16.5. The first-order valence-electron chi connectivity index (χ1n) is 8.99. The minimum atomic E-state index is 0.0850. The lowest BCUT2D eigenvalue weighted by Gasteiger charge is -2.17. The number of nitrogens with one attached hydrogen (secondary N) is 2. The Bertz CT molecular complexity index is 948. The average Bonchev–Trinajstić information content (AvgIpc) is 3.48. The highest BCUT2D eigenvalue weighted by atomic mass is 16.2. The molecule has 1 fully saturated rings. The van der Waals surface area contributed by atoms with Gasteiger partial charge in [-0.05, 0) is 56.0 Å². The van der Waals surface area contributed by atoms with Gasteiger partial charge in [-0.25, -0.2) is 9.97 Å². The molecule has 1 amide bonds. The topological polar surface area (TPSA) is 66.9 Å². The molecule has 3 aromatic rings. The van der Waals surface area contributed by atoms with Crippen LogP contribution in [0.25, 0.3) is 10.9 Å². The molecule has 1 aromatic heterocycles. The maximum atomic E-state index is 11.8. The molecule has 2 N–H and O–H groups in total. The molecule has 2 aromatic carbocycles. The summed E-state index contributed by atoms with van der Waals surface area (Å²) in [5.41, 5.74) is 4.08. The Morgan fingerprint density at radius 1 is 1.12 bits per heavy atom. The van der Waals surface area contributed by atoms with Crippen molar-refractivity contribution < 1.29 is 4.79 Å². The van der Waals surface area contributed by atoms with Crippen LogP contribution in [-0.2, 0) is 4.79 Å². The van der Waals surface area contributed by atoms with Gasteiger partial charge in [-0.1, -0.05) is 24.3 Å². The number of anilines is 2. The van der Waals surface area contributed by atoms with Crippen molar-refractivity contribution in [1.29, 1.82) is 0 Å². The van der Waals surface area contributed by atoms with E-state index in [1.165, 1.54) is 0 Å². The van der Waals surface area contributed by atoms with E-state index in [0.717, 1.165) is 46.4 Å². The second kappa shape index (κ2) is 6.75. The van der Waals surface area contributed by atoms with E-state index in [0.29, 0.717) is 0 Å². The van der Waals surface area contributed by atoms with Crippen LogP contribution in [0.15, 0.2) is 48.8 Å². The van der Waals surface area contributed by atoms with Crippen LogP contribution in [0.4, 0.5) is 11.5 Å². The lowest BCUT2D eigenvalue weighted by molar-refractivity contribution is -0.117. The molecule has 132 valence electrons.